The average molecular weight is 452 g/mol. The number of ether oxygens (including phenoxy) is 1. The molecule has 2 aromatic heterocycles. The van der Waals surface area contributed by atoms with Crippen LogP contribution >= 0.6 is 0 Å². The third-order valence-electron chi connectivity index (χ3n) is 6.53. The summed E-state index contributed by atoms with van der Waals surface area (Å²) in [5.41, 5.74) is 2.93. The van der Waals surface area contributed by atoms with Crippen molar-refractivity contribution in [1.29, 1.82) is 0 Å². The van der Waals surface area contributed by atoms with Crippen molar-refractivity contribution in [3.05, 3.63) is 29.6 Å². The number of likely N-dealkylation sites (tertiary alicyclic amines) is 1. The van der Waals surface area contributed by atoms with Crippen LogP contribution in [0.4, 0.5) is 5.82 Å². The maximum absolute atomic E-state index is 12.6. The predicted molar refractivity (Wildman–Crippen MR) is 131 cm³/mol. The fourth-order valence-electron chi connectivity index (χ4n) is 4.85. The van der Waals surface area contributed by atoms with Crippen LogP contribution in [-0.2, 0) is 17.6 Å². The van der Waals surface area contributed by atoms with Gasteiger partial charge in [-0.25, -0.2) is 9.97 Å². The molecule has 178 valence electrons. The molecule has 4 rings (SSSR count). The molecule has 1 aliphatic heterocycles. The number of likely N-dealkylation sites (N-methyl/N-ethyl adjacent to an activating group) is 2. The first kappa shape index (κ1) is 23.6. The van der Waals surface area contributed by atoms with Crippen molar-refractivity contribution in [2.45, 2.75) is 71.9 Å². The van der Waals surface area contributed by atoms with Gasteiger partial charge in [0.2, 0.25) is 0 Å². The number of hydrogen-bond donors (Lipinski definition) is 0. The van der Waals surface area contributed by atoms with Gasteiger partial charge < -0.3 is 9.64 Å². The first-order valence-corrected chi connectivity index (χ1v) is 12.0. The number of ketones is 1. The molecule has 2 aromatic rings. The molecule has 0 bridgehead atoms. The van der Waals surface area contributed by atoms with Crippen molar-refractivity contribution >= 4 is 11.6 Å². The molecule has 1 saturated heterocycles. The minimum atomic E-state index is -0.0209. The lowest BCUT2D eigenvalue weighted by Crippen LogP contribution is -2.30. The van der Waals surface area contributed by atoms with Crippen molar-refractivity contribution < 1.29 is 9.53 Å². The van der Waals surface area contributed by atoms with Gasteiger partial charge in [-0.3, -0.25) is 14.7 Å². The zero-order valence-corrected chi connectivity index (χ0v) is 20.9. The summed E-state index contributed by atoms with van der Waals surface area (Å²) in [5, 5.41) is 0. The number of nitrogens with zero attached hydrogens (tertiary/aromatic N) is 5. The average Bonchev–Trinajstić information content (AvgIpc) is 3.31. The maximum atomic E-state index is 12.6. The Morgan fingerprint density at radius 2 is 2.06 bits per heavy atom. The molecule has 0 radical (unpaired) electrons. The summed E-state index contributed by atoms with van der Waals surface area (Å²) in [4.78, 5) is 31.2. The van der Waals surface area contributed by atoms with Gasteiger partial charge in [-0.05, 0) is 44.7 Å². The first-order valence-electron chi connectivity index (χ1n) is 12.0. The number of carbonyl (C=O) groups excluding carboxylic acids is 1. The summed E-state index contributed by atoms with van der Waals surface area (Å²) in [5.74, 6) is 2.48. The molecule has 0 N–H and O–H groups in total. The van der Waals surface area contributed by atoms with Crippen LogP contribution in [0.25, 0.3) is 11.5 Å². The molecule has 1 unspecified atom stereocenters. The van der Waals surface area contributed by atoms with Gasteiger partial charge in [0.15, 0.2) is 11.6 Å². The lowest BCUT2D eigenvalue weighted by Gasteiger charge is -2.23. The van der Waals surface area contributed by atoms with Crippen molar-refractivity contribution in [3.8, 4) is 17.3 Å². The highest BCUT2D eigenvalue weighted by Gasteiger charge is 2.28. The highest BCUT2D eigenvalue weighted by atomic mass is 16.5. The van der Waals surface area contributed by atoms with Crippen LogP contribution < -0.4 is 9.64 Å². The lowest BCUT2D eigenvalue weighted by molar-refractivity contribution is -0.119. The molecule has 7 heteroatoms. The Morgan fingerprint density at radius 3 is 2.76 bits per heavy atom. The summed E-state index contributed by atoms with van der Waals surface area (Å²) in [6.45, 7) is 9.78. The Hall–Kier alpha value is -2.54. The monoisotopic (exact) mass is 451 g/mol. The van der Waals surface area contributed by atoms with Crippen molar-refractivity contribution in [1.82, 2.24) is 19.9 Å². The van der Waals surface area contributed by atoms with E-state index < -0.39 is 0 Å². The zero-order chi connectivity index (χ0) is 23.8. The third kappa shape index (κ3) is 5.69. The van der Waals surface area contributed by atoms with Crippen LogP contribution in [0.1, 0.15) is 58.2 Å². The quantitative estimate of drug-likeness (QED) is 0.631. The molecule has 0 aromatic carbocycles. The maximum Gasteiger partial charge on any atom is 0.180 e. The smallest absolute Gasteiger partial charge is 0.180 e. The van der Waals surface area contributed by atoms with Gasteiger partial charge in [-0.1, -0.05) is 20.8 Å². The number of aryl methyl sites for hydroxylation is 1. The number of fused-ring (bicyclic) bond motifs is 1. The SMILES string of the molecule is C[C@H]1CC(Oc2ccnc(-c3nc4c(c(N(C)CC(=O)CC(C)(C)C)n3)CCC4)c2)CN1C. The number of Topliss-reactive ketones (excluding diaryl/α,β-unsaturated/α-hetero) is 1. The number of carbonyl (C=O) groups is 1. The van der Waals surface area contributed by atoms with E-state index in [2.05, 4.69) is 44.6 Å². The van der Waals surface area contributed by atoms with Crippen molar-refractivity contribution in [2.24, 2.45) is 5.41 Å². The number of anilines is 1. The minimum Gasteiger partial charge on any atom is -0.489 e. The molecule has 7 nitrogen and oxygen atoms in total. The third-order valence-corrected chi connectivity index (χ3v) is 6.53. The molecule has 0 spiro atoms. The second-order valence-electron chi connectivity index (χ2n) is 10.9. The molecule has 1 fully saturated rings. The van der Waals surface area contributed by atoms with Crippen LogP contribution in [-0.4, -0.2) is 65.0 Å². The summed E-state index contributed by atoms with van der Waals surface area (Å²) in [6, 6.07) is 4.36. The van der Waals surface area contributed by atoms with Crippen LogP contribution in [0.5, 0.6) is 5.75 Å². The molecule has 0 saturated carbocycles. The van der Waals surface area contributed by atoms with E-state index in [0.717, 1.165) is 49.5 Å². The minimum absolute atomic E-state index is 0.0209. The van der Waals surface area contributed by atoms with Crippen LogP contribution in [0.2, 0.25) is 0 Å². The first-order chi connectivity index (χ1) is 15.6. The van der Waals surface area contributed by atoms with Gasteiger partial charge in [-0.2, -0.15) is 0 Å². The second-order valence-corrected chi connectivity index (χ2v) is 10.9. The highest BCUT2D eigenvalue weighted by molar-refractivity contribution is 5.84. The molecule has 1 aliphatic carbocycles. The van der Waals surface area contributed by atoms with E-state index in [9.17, 15) is 4.79 Å². The molecular formula is C26H37N5O2. The van der Waals surface area contributed by atoms with E-state index >= 15 is 0 Å². The largest absolute Gasteiger partial charge is 0.489 e. The van der Waals surface area contributed by atoms with Crippen molar-refractivity contribution in [2.75, 3.05) is 32.1 Å². The predicted octanol–water partition coefficient (Wildman–Crippen LogP) is 3.94. The Bertz CT molecular complexity index is 1010. The van der Waals surface area contributed by atoms with Crippen LogP contribution in [0.3, 0.4) is 0 Å². The topological polar surface area (TPSA) is 71.5 Å². The Labute approximate surface area is 197 Å². The number of aromatic nitrogens is 3. The fourth-order valence-corrected chi connectivity index (χ4v) is 4.85. The number of hydrogen-bond acceptors (Lipinski definition) is 7. The highest BCUT2D eigenvalue weighted by Crippen LogP contribution is 2.32. The van der Waals surface area contributed by atoms with Crippen LogP contribution in [0, 0.1) is 5.41 Å². The van der Waals surface area contributed by atoms with Crippen LogP contribution in [0.15, 0.2) is 18.3 Å². The molecule has 0 amide bonds. The fraction of sp³-hybridized carbons (Fsp3) is 0.615. The Kier molecular flexibility index (Phi) is 6.71. The number of pyridine rings is 1. The molecular weight excluding hydrogens is 414 g/mol. The van der Waals surface area contributed by atoms with Gasteiger partial charge in [0, 0.05) is 56.0 Å². The lowest BCUT2D eigenvalue weighted by atomic mass is 9.90. The molecule has 3 heterocycles. The van der Waals surface area contributed by atoms with E-state index in [1.165, 1.54) is 5.56 Å². The van der Waals surface area contributed by atoms with E-state index in [-0.39, 0.29) is 17.3 Å². The van der Waals surface area contributed by atoms with Gasteiger partial charge in [0.05, 0.1) is 6.54 Å². The summed E-state index contributed by atoms with van der Waals surface area (Å²) in [7, 11) is 4.09. The summed E-state index contributed by atoms with van der Waals surface area (Å²) in [6.07, 6.45) is 6.45. The molecule has 2 atom stereocenters. The standard InChI is InChI=1S/C26H37N5O2/c1-17-12-20(16-30(17)5)33-19-10-11-27-23(13-19)24-28-22-9-7-8-21(22)25(29-24)31(6)15-18(32)14-26(2,3)4/h10-11,13,17,20H,7-9,12,14-16H2,1-6H3/t17-,20?/m0/s1. The van der Waals surface area contributed by atoms with E-state index in [0.29, 0.717) is 30.5 Å². The molecule has 33 heavy (non-hydrogen) atoms. The zero-order valence-electron chi connectivity index (χ0n) is 20.9. The van der Waals surface area contributed by atoms with Crippen molar-refractivity contribution in [3.63, 3.8) is 0 Å². The summed E-state index contributed by atoms with van der Waals surface area (Å²) < 4.78 is 6.26. The normalized spacial score (nSPS) is 20.7. The van der Waals surface area contributed by atoms with Gasteiger partial charge in [-0.15, -0.1) is 0 Å². The second kappa shape index (κ2) is 9.37. The van der Waals surface area contributed by atoms with E-state index in [4.69, 9.17) is 14.7 Å². The van der Waals surface area contributed by atoms with Gasteiger partial charge in [0.25, 0.3) is 0 Å². The molecule has 2 aliphatic rings. The summed E-state index contributed by atoms with van der Waals surface area (Å²) >= 11 is 0. The number of rotatable bonds is 7. The van der Waals surface area contributed by atoms with E-state index in [1.807, 2.05) is 24.1 Å². The van der Waals surface area contributed by atoms with E-state index in [1.54, 1.807) is 6.20 Å². The van der Waals surface area contributed by atoms with Gasteiger partial charge in [0.1, 0.15) is 23.4 Å². The van der Waals surface area contributed by atoms with Gasteiger partial charge >= 0.3 is 0 Å². The Balaban J connectivity index is 1.57. The Morgan fingerprint density at radius 1 is 1.27 bits per heavy atom.